The van der Waals surface area contributed by atoms with Crippen molar-refractivity contribution in [2.24, 2.45) is 11.5 Å². The third-order valence-electron chi connectivity index (χ3n) is 0.692. The molecule has 0 rings (SSSR count). The fourth-order valence-corrected chi connectivity index (χ4v) is 0.290. The van der Waals surface area contributed by atoms with Gasteiger partial charge in [-0.3, -0.25) is 4.79 Å². The number of carbonyl (C=O) groups is 1. The third-order valence-corrected chi connectivity index (χ3v) is 0.692. The van der Waals surface area contributed by atoms with Crippen molar-refractivity contribution in [1.82, 2.24) is 0 Å². The van der Waals surface area contributed by atoms with E-state index < -0.39 is 12.1 Å². The molecule has 0 saturated heterocycles. The van der Waals surface area contributed by atoms with Gasteiger partial charge in [-0.2, -0.15) is 0 Å². The molecule has 48 valence electrons. The molecular weight excluding hydrogens is 108 g/mol. The van der Waals surface area contributed by atoms with Crippen molar-refractivity contribution < 1.29 is 9.90 Å². The quantitative estimate of drug-likeness (QED) is 0.419. The number of carboxylic acid groups (broad SMARTS) is 1. The third kappa shape index (κ3) is 5.39. The van der Waals surface area contributed by atoms with E-state index >= 15 is 0 Å². The largest absolute Gasteiger partial charge is 0.481 e. The fourth-order valence-electron chi connectivity index (χ4n) is 0.290. The second-order valence-corrected chi connectivity index (χ2v) is 1.60. The van der Waals surface area contributed by atoms with Gasteiger partial charge in [-0.05, 0) is 6.42 Å². The molecule has 0 saturated carbocycles. The van der Waals surface area contributed by atoms with Crippen LogP contribution in [0.2, 0.25) is 0 Å². The molecule has 0 aliphatic carbocycles. The predicted octanol–water partition coefficient (Wildman–Crippen LogP) is -0.905. The van der Waals surface area contributed by atoms with Crippen LogP contribution in [0.4, 0.5) is 0 Å². The van der Waals surface area contributed by atoms with E-state index in [0.29, 0.717) is 6.42 Å². The van der Waals surface area contributed by atoms with Gasteiger partial charge < -0.3 is 16.6 Å². The first-order chi connectivity index (χ1) is 3.63. The molecule has 4 heteroatoms. The standard InChI is InChI=1S/C4H10N2O2/c5-3(6)1-2-4(7)8/h3H,1-2,5-6H2,(H,7,8). The van der Waals surface area contributed by atoms with E-state index in [9.17, 15) is 4.79 Å². The topological polar surface area (TPSA) is 89.3 Å². The smallest absolute Gasteiger partial charge is 0.303 e. The van der Waals surface area contributed by atoms with E-state index in [1.54, 1.807) is 0 Å². The Balaban J connectivity index is 3.05. The van der Waals surface area contributed by atoms with Crippen molar-refractivity contribution in [2.45, 2.75) is 19.0 Å². The van der Waals surface area contributed by atoms with Crippen LogP contribution in [0.5, 0.6) is 0 Å². The highest BCUT2D eigenvalue weighted by Crippen LogP contribution is 1.86. The Morgan fingerprint density at radius 3 is 2.25 bits per heavy atom. The number of rotatable bonds is 3. The van der Waals surface area contributed by atoms with Gasteiger partial charge in [-0.1, -0.05) is 0 Å². The van der Waals surface area contributed by atoms with Crippen LogP contribution in [0.1, 0.15) is 12.8 Å². The number of nitrogens with two attached hydrogens (primary N) is 2. The highest BCUT2D eigenvalue weighted by Gasteiger charge is 1.98. The predicted molar refractivity (Wildman–Crippen MR) is 29.0 cm³/mol. The van der Waals surface area contributed by atoms with E-state index in [4.69, 9.17) is 16.6 Å². The summed E-state index contributed by atoms with van der Waals surface area (Å²) in [5.41, 5.74) is 10.1. The summed E-state index contributed by atoms with van der Waals surface area (Å²) in [6.07, 6.45) is -0.0985. The molecule has 0 bridgehead atoms. The number of aliphatic carboxylic acids is 1. The summed E-state index contributed by atoms with van der Waals surface area (Å²) in [5, 5.41) is 8.05. The van der Waals surface area contributed by atoms with Crippen LogP contribution in [-0.2, 0) is 4.79 Å². The van der Waals surface area contributed by atoms with Crippen LogP contribution in [0.3, 0.4) is 0 Å². The van der Waals surface area contributed by atoms with E-state index in [2.05, 4.69) is 0 Å². The molecule has 0 aromatic rings. The lowest BCUT2D eigenvalue weighted by atomic mass is 10.3. The molecule has 0 amide bonds. The second kappa shape index (κ2) is 3.40. The lowest BCUT2D eigenvalue weighted by Crippen LogP contribution is -2.30. The van der Waals surface area contributed by atoms with Crippen LogP contribution < -0.4 is 11.5 Å². The minimum absolute atomic E-state index is 0.0532. The maximum atomic E-state index is 9.79. The monoisotopic (exact) mass is 118 g/mol. The van der Waals surface area contributed by atoms with Gasteiger partial charge in [0.1, 0.15) is 0 Å². The maximum absolute atomic E-state index is 9.79. The number of hydrogen-bond donors (Lipinski definition) is 3. The second-order valence-electron chi connectivity index (χ2n) is 1.60. The molecule has 0 heterocycles. The van der Waals surface area contributed by atoms with Crippen molar-refractivity contribution in [3.05, 3.63) is 0 Å². The van der Waals surface area contributed by atoms with Crippen molar-refractivity contribution in [1.29, 1.82) is 0 Å². The van der Waals surface area contributed by atoms with Gasteiger partial charge in [0.2, 0.25) is 0 Å². The van der Waals surface area contributed by atoms with Crippen LogP contribution in [0, 0.1) is 0 Å². The molecule has 0 aromatic carbocycles. The minimum atomic E-state index is -0.856. The molecule has 0 aromatic heterocycles. The van der Waals surface area contributed by atoms with Gasteiger partial charge in [-0.25, -0.2) is 0 Å². The SMILES string of the molecule is NC(N)CCC(=O)O. The summed E-state index contributed by atoms with van der Waals surface area (Å²) in [6, 6.07) is 0. The van der Waals surface area contributed by atoms with Crippen molar-refractivity contribution in [3.8, 4) is 0 Å². The van der Waals surface area contributed by atoms with Gasteiger partial charge in [0.05, 0.1) is 6.17 Å². The molecule has 5 N–H and O–H groups in total. The van der Waals surface area contributed by atoms with E-state index in [-0.39, 0.29) is 6.42 Å². The Hall–Kier alpha value is -0.610. The normalized spacial score (nSPS) is 9.88. The summed E-state index contributed by atoms with van der Waals surface area (Å²) in [4.78, 5) is 9.79. The average Bonchev–Trinajstić information content (AvgIpc) is 1.61. The van der Waals surface area contributed by atoms with E-state index in [1.807, 2.05) is 0 Å². The Morgan fingerprint density at radius 2 is 2.12 bits per heavy atom. The van der Waals surface area contributed by atoms with Gasteiger partial charge in [0.25, 0.3) is 0 Å². The lowest BCUT2D eigenvalue weighted by Gasteiger charge is -1.98. The zero-order valence-corrected chi connectivity index (χ0v) is 4.50. The Kier molecular flexibility index (Phi) is 3.14. The van der Waals surface area contributed by atoms with Crippen LogP contribution in [0.15, 0.2) is 0 Å². The first-order valence-electron chi connectivity index (χ1n) is 2.36. The first kappa shape index (κ1) is 7.39. The van der Waals surface area contributed by atoms with E-state index in [0.717, 1.165) is 0 Å². The first-order valence-corrected chi connectivity index (χ1v) is 2.36. The summed E-state index contributed by atoms with van der Waals surface area (Å²) < 4.78 is 0. The molecule has 4 nitrogen and oxygen atoms in total. The van der Waals surface area contributed by atoms with Gasteiger partial charge >= 0.3 is 5.97 Å². The van der Waals surface area contributed by atoms with Gasteiger partial charge in [0, 0.05) is 6.42 Å². The highest BCUT2D eigenvalue weighted by atomic mass is 16.4. The summed E-state index contributed by atoms with van der Waals surface area (Å²) in [7, 11) is 0. The van der Waals surface area contributed by atoms with Crippen LogP contribution in [0.25, 0.3) is 0 Å². The number of carboxylic acids is 1. The summed E-state index contributed by atoms with van der Waals surface area (Å²) in [5.74, 6) is -0.856. The van der Waals surface area contributed by atoms with Crippen molar-refractivity contribution in [3.63, 3.8) is 0 Å². The van der Waals surface area contributed by atoms with Crippen LogP contribution in [-0.4, -0.2) is 17.2 Å². The highest BCUT2D eigenvalue weighted by molar-refractivity contribution is 5.66. The molecule has 0 unspecified atom stereocenters. The van der Waals surface area contributed by atoms with E-state index in [1.165, 1.54) is 0 Å². The average molecular weight is 118 g/mol. The number of hydrogen-bond acceptors (Lipinski definition) is 3. The van der Waals surface area contributed by atoms with Gasteiger partial charge in [-0.15, -0.1) is 0 Å². The maximum Gasteiger partial charge on any atom is 0.303 e. The molecule has 0 fully saturated rings. The van der Waals surface area contributed by atoms with Gasteiger partial charge in [0.15, 0.2) is 0 Å². The zero-order chi connectivity index (χ0) is 6.57. The molecule has 0 aliphatic heterocycles. The Morgan fingerprint density at radius 1 is 1.62 bits per heavy atom. The molecule has 0 radical (unpaired) electrons. The minimum Gasteiger partial charge on any atom is -0.481 e. The summed E-state index contributed by atoms with van der Waals surface area (Å²) in [6.45, 7) is 0. The Bertz CT molecular complexity index is 82.1. The van der Waals surface area contributed by atoms with Crippen molar-refractivity contribution >= 4 is 5.97 Å². The molecule has 0 aliphatic rings. The van der Waals surface area contributed by atoms with Crippen molar-refractivity contribution in [2.75, 3.05) is 0 Å². The molecule has 8 heavy (non-hydrogen) atoms. The zero-order valence-electron chi connectivity index (χ0n) is 4.50. The van der Waals surface area contributed by atoms with Crippen LogP contribution >= 0.6 is 0 Å². The lowest BCUT2D eigenvalue weighted by molar-refractivity contribution is -0.137. The molecule has 0 atom stereocenters. The fraction of sp³-hybridized carbons (Fsp3) is 0.750. The molecular formula is C4H10N2O2. The Labute approximate surface area is 47.5 Å². The molecule has 0 spiro atoms. The summed E-state index contributed by atoms with van der Waals surface area (Å²) >= 11 is 0.